The van der Waals surface area contributed by atoms with Crippen LogP contribution in [0.25, 0.3) is 0 Å². The average Bonchev–Trinajstić information content (AvgIpc) is 2.63. The molecule has 0 spiro atoms. The second-order valence-electron chi connectivity index (χ2n) is 5.51. The van der Waals surface area contributed by atoms with Gasteiger partial charge in [-0.1, -0.05) is 19.4 Å². The van der Waals surface area contributed by atoms with E-state index in [0.29, 0.717) is 31.2 Å². The third kappa shape index (κ3) is 3.57. The van der Waals surface area contributed by atoms with E-state index in [2.05, 4.69) is 10.3 Å². The predicted octanol–water partition coefficient (Wildman–Crippen LogP) is 2.36. The van der Waals surface area contributed by atoms with Crippen LogP contribution in [-0.2, 0) is 9.53 Å². The molecule has 2 rings (SSSR count). The smallest absolute Gasteiger partial charge is 0.384 e. The minimum atomic E-state index is -2.26. The maximum absolute atomic E-state index is 12.4. The third-order valence-corrected chi connectivity index (χ3v) is 4.05. The molecule has 1 aliphatic rings. The van der Waals surface area contributed by atoms with Crippen molar-refractivity contribution in [3.63, 3.8) is 0 Å². The first-order valence-electron chi connectivity index (χ1n) is 7.89. The highest BCUT2D eigenvalue weighted by Crippen LogP contribution is 2.37. The summed E-state index contributed by atoms with van der Waals surface area (Å²) in [5.41, 5.74) is -0.761. The first kappa shape index (κ1) is 18.3. The summed E-state index contributed by atoms with van der Waals surface area (Å²) in [5, 5.41) is 14.3. The van der Waals surface area contributed by atoms with Crippen LogP contribution >= 0.6 is 0 Å². The van der Waals surface area contributed by atoms with Crippen molar-refractivity contribution < 1.29 is 19.2 Å². The number of carbonyl (C=O) groups is 2. The second kappa shape index (κ2) is 7.69. The molecule has 1 aromatic rings. The highest BCUT2D eigenvalue weighted by atomic mass is 16.7. The molecule has 1 unspecified atom stereocenters. The van der Waals surface area contributed by atoms with Gasteiger partial charge in [-0.15, -0.1) is 0 Å². The second-order valence-corrected chi connectivity index (χ2v) is 5.51. The van der Waals surface area contributed by atoms with Gasteiger partial charge in [0.25, 0.3) is 0 Å². The summed E-state index contributed by atoms with van der Waals surface area (Å²) in [6, 6.07) is 2.98. The summed E-state index contributed by atoms with van der Waals surface area (Å²) < 4.78 is 5.32. The third-order valence-electron chi connectivity index (χ3n) is 4.05. The Labute approximate surface area is 144 Å². The van der Waals surface area contributed by atoms with Crippen molar-refractivity contribution in [1.29, 1.82) is 0 Å². The molecule has 0 aromatic carbocycles. The Kier molecular flexibility index (Phi) is 5.63. The van der Waals surface area contributed by atoms with Gasteiger partial charge in [0.2, 0.25) is 6.41 Å². The molecule has 1 aromatic heterocycles. The first-order chi connectivity index (χ1) is 12.0. The maximum atomic E-state index is 12.4. The standard InChI is InChI=1S/C17H19N3O5/c1-3-12-8-13(4-2)15(19-11-21)17(9-12,20(23)24)25-16(22)14-6-5-7-18-10-14/h5-7,9-11H,3-4,8H2,1-2H3,(H,19,21). The Balaban J connectivity index is 2.56. The molecule has 8 nitrogen and oxygen atoms in total. The number of aromatic nitrogens is 1. The van der Waals surface area contributed by atoms with E-state index in [9.17, 15) is 19.7 Å². The number of ether oxygens (including phenoxy) is 1. The zero-order valence-corrected chi connectivity index (χ0v) is 14.0. The molecule has 0 radical (unpaired) electrons. The van der Waals surface area contributed by atoms with Crippen LogP contribution < -0.4 is 5.32 Å². The summed E-state index contributed by atoms with van der Waals surface area (Å²) in [5.74, 6) is -0.890. The van der Waals surface area contributed by atoms with E-state index in [-0.39, 0.29) is 11.3 Å². The fourth-order valence-corrected chi connectivity index (χ4v) is 2.75. The van der Waals surface area contributed by atoms with E-state index in [4.69, 9.17) is 4.74 Å². The van der Waals surface area contributed by atoms with Crippen molar-refractivity contribution >= 4 is 12.4 Å². The zero-order chi connectivity index (χ0) is 18.4. The molecule has 0 bridgehead atoms. The molecule has 25 heavy (non-hydrogen) atoms. The maximum Gasteiger partial charge on any atom is 0.427 e. The van der Waals surface area contributed by atoms with Crippen molar-refractivity contribution in [3.05, 3.63) is 63.1 Å². The quantitative estimate of drug-likeness (QED) is 0.203. The van der Waals surface area contributed by atoms with E-state index in [1.807, 2.05) is 13.8 Å². The molecule has 8 heteroatoms. The van der Waals surface area contributed by atoms with Gasteiger partial charge in [0.05, 0.1) is 10.5 Å². The minimum absolute atomic E-state index is 0.00978. The Morgan fingerprint density at radius 2 is 2.24 bits per heavy atom. The molecule has 0 fully saturated rings. The number of nitrogens with one attached hydrogen (secondary N) is 1. The van der Waals surface area contributed by atoms with Crippen molar-refractivity contribution in [1.82, 2.24) is 10.3 Å². The van der Waals surface area contributed by atoms with Crippen LogP contribution in [0.15, 0.2) is 47.4 Å². The number of carbonyl (C=O) groups excluding carboxylic acids is 2. The summed E-state index contributed by atoms with van der Waals surface area (Å²) in [7, 11) is 0. The summed E-state index contributed by atoms with van der Waals surface area (Å²) in [6.45, 7) is 3.69. The van der Waals surface area contributed by atoms with E-state index in [1.54, 1.807) is 0 Å². The van der Waals surface area contributed by atoms with Gasteiger partial charge in [-0.2, -0.15) is 0 Å². The van der Waals surface area contributed by atoms with Crippen LogP contribution in [0.4, 0.5) is 0 Å². The van der Waals surface area contributed by atoms with Crippen molar-refractivity contribution in [2.45, 2.75) is 38.8 Å². The lowest BCUT2D eigenvalue weighted by Crippen LogP contribution is -2.49. The summed E-state index contributed by atoms with van der Waals surface area (Å²) in [6.07, 6.45) is 5.94. The lowest BCUT2D eigenvalue weighted by atomic mass is 9.87. The van der Waals surface area contributed by atoms with Gasteiger partial charge >= 0.3 is 11.7 Å². The van der Waals surface area contributed by atoms with E-state index < -0.39 is 16.6 Å². The SMILES string of the molecule is CCC1=CC(OC(=O)c2cccnc2)([N+](=O)[O-])C(NC=O)=C(CC)C1. The highest BCUT2D eigenvalue weighted by Gasteiger charge is 2.53. The molecule has 1 heterocycles. The number of hydrogen-bond acceptors (Lipinski definition) is 6. The van der Waals surface area contributed by atoms with Gasteiger partial charge in [-0.25, -0.2) is 4.79 Å². The van der Waals surface area contributed by atoms with Crippen molar-refractivity contribution in [3.8, 4) is 0 Å². The lowest BCUT2D eigenvalue weighted by molar-refractivity contribution is -0.592. The topological polar surface area (TPSA) is 111 Å². The van der Waals surface area contributed by atoms with Crippen LogP contribution in [0.1, 0.15) is 43.5 Å². The molecule has 132 valence electrons. The molecular weight excluding hydrogens is 326 g/mol. The number of pyridine rings is 1. The fourth-order valence-electron chi connectivity index (χ4n) is 2.75. The number of allylic oxidation sites excluding steroid dienone is 2. The van der Waals surface area contributed by atoms with Gasteiger partial charge < -0.3 is 10.1 Å². The number of hydrogen-bond donors (Lipinski definition) is 1. The Morgan fingerprint density at radius 3 is 2.76 bits per heavy atom. The monoisotopic (exact) mass is 345 g/mol. The Bertz CT molecular complexity index is 742. The normalized spacial score (nSPS) is 19.8. The van der Waals surface area contributed by atoms with E-state index in [1.165, 1.54) is 30.6 Å². The summed E-state index contributed by atoms with van der Waals surface area (Å²) in [4.78, 5) is 38.5. The van der Waals surface area contributed by atoms with Crippen molar-refractivity contribution in [2.75, 3.05) is 0 Å². The highest BCUT2D eigenvalue weighted by molar-refractivity contribution is 5.89. The summed E-state index contributed by atoms with van der Waals surface area (Å²) >= 11 is 0. The van der Waals surface area contributed by atoms with Crippen LogP contribution in [0.2, 0.25) is 0 Å². The average molecular weight is 345 g/mol. The minimum Gasteiger partial charge on any atom is -0.384 e. The molecule has 0 aliphatic heterocycles. The van der Waals surface area contributed by atoms with E-state index >= 15 is 0 Å². The number of esters is 1. The number of rotatable bonds is 7. The molecule has 1 N–H and O–H groups in total. The van der Waals surface area contributed by atoms with Crippen LogP contribution in [0.3, 0.4) is 0 Å². The predicted molar refractivity (Wildman–Crippen MR) is 88.9 cm³/mol. The van der Waals surface area contributed by atoms with Crippen molar-refractivity contribution in [2.24, 2.45) is 0 Å². The van der Waals surface area contributed by atoms with Crippen LogP contribution in [0, 0.1) is 10.1 Å². The molecule has 1 aliphatic carbocycles. The zero-order valence-electron chi connectivity index (χ0n) is 14.0. The Hall–Kier alpha value is -3.03. The Morgan fingerprint density at radius 1 is 1.48 bits per heavy atom. The largest absolute Gasteiger partial charge is 0.427 e. The van der Waals surface area contributed by atoms with Crippen LogP contribution in [0.5, 0.6) is 0 Å². The van der Waals surface area contributed by atoms with E-state index in [0.717, 1.165) is 5.57 Å². The molecule has 0 saturated heterocycles. The lowest BCUT2D eigenvalue weighted by Gasteiger charge is -2.30. The van der Waals surface area contributed by atoms with Gasteiger partial charge in [-0.05, 0) is 37.0 Å². The molecule has 1 atom stereocenters. The van der Waals surface area contributed by atoms with Gasteiger partial charge in [0.1, 0.15) is 5.70 Å². The van der Waals surface area contributed by atoms with Crippen LogP contribution in [-0.4, -0.2) is 28.0 Å². The molecular formula is C17H19N3O5. The number of nitrogens with zero attached hydrogens (tertiary/aromatic N) is 2. The van der Waals surface area contributed by atoms with Gasteiger partial charge in [0, 0.05) is 18.5 Å². The number of amides is 1. The van der Waals surface area contributed by atoms with Gasteiger partial charge in [0.15, 0.2) is 0 Å². The fraction of sp³-hybridized carbons (Fsp3) is 0.353. The van der Waals surface area contributed by atoms with Gasteiger partial charge in [-0.3, -0.25) is 19.9 Å². The first-order valence-corrected chi connectivity index (χ1v) is 7.89. The number of nitro groups is 1. The molecule has 0 saturated carbocycles. The molecule has 1 amide bonds.